The van der Waals surface area contributed by atoms with Gasteiger partial charge in [0.25, 0.3) is 0 Å². The molecule has 0 radical (unpaired) electrons. The molecule has 0 aromatic carbocycles. The summed E-state index contributed by atoms with van der Waals surface area (Å²) in [5.74, 6) is -0.293. The van der Waals surface area contributed by atoms with Crippen molar-refractivity contribution in [2.75, 3.05) is 13.1 Å². The zero-order chi connectivity index (χ0) is 23.9. The van der Waals surface area contributed by atoms with Crippen LogP contribution in [0.15, 0.2) is 90.2 Å². The smallest absolute Gasteiger partial charge is 0.338 e. The molecule has 2 N–H and O–H groups in total. The molecular weight excluding hydrogens is 424 g/mol. The van der Waals surface area contributed by atoms with Gasteiger partial charge in [0, 0.05) is 11.3 Å². The van der Waals surface area contributed by atoms with Gasteiger partial charge in [0.2, 0.25) is 0 Å². The van der Waals surface area contributed by atoms with E-state index in [9.17, 15) is 4.79 Å². The van der Waals surface area contributed by atoms with Gasteiger partial charge >= 0.3 is 5.97 Å². The lowest BCUT2D eigenvalue weighted by Gasteiger charge is -2.23. The predicted octanol–water partition coefficient (Wildman–Crippen LogP) is 5.01. The summed E-state index contributed by atoms with van der Waals surface area (Å²) in [6.07, 6.45) is 17.0. The van der Waals surface area contributed by atoms with E-state index in [0.717, 1.165) is 65.3 Å². The standard InChI is InChI=1S/C28H30N4O2/c1-4-21(28(33)34-24-13-15-29-16-14-24)17-23-9-6-8-22(12-11-19(23)2)25-18-30-32-27(25)26-10-5-7-20(3)31-26/h4-12,17-18,24,29H,2,13-16H2,1,3H3,(H,30,32)/b9-6+,12-11-,21-4+,22-8-,23-17-. The van der Waals surface area contributed by atoms with Gasteiger partial charge < -0.3 is 10.1 Å². The largest absolute Gasteiger partial charge is 0.459 e. The zero-order valence-electron chi connectivity index (χ0n) is 19.7. The number of hydrogen-bond donors (Lipinski definition) is 2. The number of piperidine rings is 1. The van der Waals surface area contributed by atoms with Crippen molar-refractivity contribution in [3.05, 3.63) is 101 Å². The van der Waals surface area contributed by atoms with Crippen LogP contribution in [0.1, 0.15) is 31.0 Å². The Hall–Kier alpha value is -3.77. The number of nitrogens with one attached hydrogen (secondary N) is 2. The van der Waals surface area contributed by atoms with Crippen LogP contribution in [-0.4, -0.2) is 40.3 Å². The third-order valence-corrected chi connectivity index (χ3v) is 5.90. The van der Waals surface area contributed by atoms with E-state index >= 15 is 0 Å². The van der Waals surface area contributed by atoms with Gasteiger partial charge in [-0.2, -0.15) is 5.10 Å². The van der Waals surface area contributed by atoms with Crippen molar-refractivity contribution in [3.8, 4) is 11.4 Å². The number of aromatic nitrogens is 3. The molecule has 1 aliphatic carbocycles. The summed E-state index contributed by atoms with van der Waals surface area (Å²) >= 11 is 0. The van der Waals surface area contributed by atoms with Crippen LogP contribution in [0.25, 0.3) is 17.0 Å². The van der Waals surface area contributed by atoms with Gasteiger partial charge in [-0.25, -0.2) is 4.79 Å². The number of aryl methyl sites for hydroxylation is 1. The summed E-state index contributed by atoms with van der Waals surface area (Å²) in [5, 5.41) is 10.6. The fourth-order valence-electron chi connectivity index (χ4n) is 3.97. The first-order valence-corrected chi connectivity index (χ1v) is 11.6. The van der Waals surface area contributed by atoms with Gasteiger partial charge in [-0.3, -0.25) is 10.1 Å². The molecule has 2 aromatic heterocycles. The quantitative estimate of drug-likeness (QED) is 0.490. The molecule has 1 aliphatic heterocycles. The molecule has 1 saturated heterocycles. The SMILES string of the molecule is C=C1\C=C/C(c2cn[nH]c2-c2cccc(C)n2)=C/C=C/C1=C/C(=C\C)C(=O)OC1CCNCC1. The lowest BCUT2D eigenvalue weighted by molar-refractivity contribution is -0.144. The molecule has 0 amide bonds. The maximum atomic E-state index is 12.7. The summed E-state index contributed by atoms with van der Waals surface area (Å²) in [7, 11) is 0. The summed E-state index contributed by atoms with van der Waals surface area (Å²) in [6.45, 7) is 9.78. The Morgan fingerprint density at radius 1 is 1.21 bits per heavy atom. The summed E-state index contributed by atoms with van der Waals surface area (Å²) in [4.78, 5) is 17.3. The first kappa shape index (κ1) is 23.4. The molecule has 3 heterocycles. The van der Waals surface area contributed by atoms with Crippen LogP contribution in [0.5, 0.6) is 0 Å². The number of rotatable bonds is 5. The van der Waals surface area contributed by atoms with E-state index in [2.05, 4.69) is 27.1 Å². The maximum Gasteiger partial charge on any atom is 0.338 e. The molecule has 174 valence electrons. The Morgan fingerprint density at radius 2 is 2.03 bits per heavy atom. The van der Waals surface area contributed by atoms with E-state index in [1.165, 1.54) is 0 Å². The fraction of sp³-hybridized carbons (Fsp3) is 0.250. The first-order chi connectivity index (χ1) is 16.5. The first-order valence-electron chi connectivity index (χ1n) is 11.6. The number of nitrogens with zero attached hydrogens (tertiary/aromatic N) is 2. The third-order valence-electron chi connectivity index (χ3n) is 5.90. The zero-order valence-corrected chi connectivity index (χ0v) is 19.7. The topological polar surface area (TPSA) is 79.9 Å². The van der Waals surface area contributed by atoms with Gasteiger partial charge in [0.15, 0.2) is 0 Å². The van der Waals surface area contributed by atoms with Gasteiger partial charge in [-0.1, -0.05) is 49.1 Å². The predicted molar refractivity (Wildman–Crippen MR) is 136 cm³/mol. The minimum absolute atomic E-state index is 0.0318. The Labute approximate surface area is 200 Å². The van der Waals surface area contributed by atoms with Gasteiger partial charge in [0.1, 0.15) is 6.10 Å². The number of ether oxygens (including phenoxy) is 1. The number of pyridine rings is 1. The molecule has 1 fully saturated rings. The van der Waals surface area contributed by atoms with Crippen LogP contribution in [0.2, 0.25) is 0 Å². The monoisotopic (exact) mass is 454 g/mol. The van der Waals surface area contributed by atoms with Crippen molar-refractivity contribution in [3.63, 3.8) is 0 Å². The van der Waals surface area contributed by atoms with Gasteiger partial charge in [-0.05, 0) is 74.7 Å². The Kier molecular flexibility index (Phi) is 7.50. The minimum Gasteiger partial charge on any atom is -0.459 e. The minimum atomic E-state index is -0.293. The van der Waals surface area contributed by atoms with Crippen LogP contribution >= 0.6 is 0 Å². The van der Waals surface area contributed by atoms with E-state index in [1.807, 2.05) is 68.5 Å². The summed E-state index contributed by atoms with van der Waals surface area (Å²) in [5.41, 5.74) is 6.79. The van der Waals surface area contributed by atoms with Gasteiger partial charge in [-0.15, -0.1) is 0 Å². The molecule has 0 saturated carbocycles. The third kappa shape index (κ3) is 5.58. The number of carbonyl (C=O) groups is 1. The molecule has 34 heavy (non-hydrogen) atoms. The average molecular weight is 455 g/mol. The van der Waals surface area contributed by atoms with E-state index in [1.54, 1.807) is 12.3 Å². The highest BCUT2D eigenvalue weighted by atomic mass is 16.5. The Balaban J connectivity index is 1.55. The second-order valence-corrected chi connectivity index (χ2v) is 8.36. The van der Waals surface area contributed by atoms with Crippen molar-refractivity contribution in [2.45, 2.75) is 32.8 Å². The second-order valence-electron chi connectivity index (χ2n) is 8.36. The van der Waals surface area contributed by atoms with E-state index in [4.69, 9.17) is 4.74 Å². The summed E-state index contributed by atoms with van der Waals surface area (Å²) < 4.78 is 5.71. The number of esters is 1. The fourth-order valence-corrected chi connectivity index (χ4v) is 3.97. The van der Waals surface area contributed by atoms with Crippen molar-refractivity contribution < 1.29 is 9.53 Å². The van der Waals surface area contributed by atoms with Crippen molar-refractivity contribution >= 4 is 11.5 Å². The van der Waals surface area contributed by atoms with Crippen LogP contribution in [0.4, 0.5) is 0 Å². The molecular formula is C28H30N4O2. The maximum absolute atomic E-state index is 12.7. The number of aromatic amines is 1. The van der Waals surface area contributed by atoms with E-state index < -0.39 is 0 Å². The lowest BCUT2D eigenvalue weighted by atomic mass is 9.97. The van der Waals surface area contributed by atoms with Crippen LogP contribution < -0.4 is 5.32 Å². The molecule has 2 aromatic rings. The normalized spacial score (nSPS) is 21.9. The van der Waals surface area contributed by atoms with Crippen LogP contribution in [0.3, 0.4) is 0 Å². The average Bonchev–Trinajstić information content (AvgIpc) is 3.32. The Morgan fingerprint density at radius 3 is 2.79 bits per heavy atom. The number of carbonyl (C=O) groups excluding carboxylic acids is 1. The molecule has 0 unspecified atom stereocenters. The highest BCUT2D eigenvalue weighted by molar-refractivity contribution is 5.92. The molecule has 4 rings (SSSR count). The van der Waals surface area contributed by atoms with Crippen LogP contribution in [0, 0.1) is 6.92 Å². The molecule has 6 nitrogen and oxygen atoms in total. The van der Waals surface area contributed by atoms with Gasteiger partial charge in [0.05, 0.1) is 23.2 Å². The number of H-pyrrole nitrogens is 1. The second kappa shape index (κ2) is 10.9. The van der Waals surface area contributed by atoms with Crippen molar-refractivity contribution in [1.29, 1.82) is 0 Å². The van der Waals surface area contributed by atoms with E-state index in [-0.39, 0.29) is 12.1 Å². The summed E-state index contributed by atoms with van der Waals surface area (Å²) in [6, 6.07) is 5.92. The molecule has 0 atom stereocenters. The van der Waals surface area contributed by atoms with Crippen molar-refractivity contribution in [1.82, 2.24) is 20.5 Å². The molecule has 6 heteroatoms. The molecule has 0 bridgehead atoms. The van der Waals surface area contributed by atoms with Crippen LogP contribution in [-0.2, 0) is 9.53 Å². The van der Waals surface area contributed by atoms with E-state index in [0.29, 0.717) is 5.57 Å². The highest BCUT2D eigenvalue weighted by Crippen LogP contribution is 2.29. The molecule has 0 spiro atoms. The number of allylic oxidation sites excluding steroid dienone is 9. The van der Waals surface area contributed by atoms with Crippen molar-refractivity contribution in [2.24, 2.45) is 0 Å². The Bertz CT molecular complexity index is 1220. The molecule has 2 aliphatic rings. The highest BCUT2D eigenvalue weighted by Gasteiger charge is 2.19. The lowest BCUT2D eigenvalue weighted by Crippen LogP contribution is -2.34. The number of hydrogen-bond acceptors (Lipinski definition) is 5.